The molecule has 0 amide bonds. The molecule has 5 heteroatoms. The second-order valence-electron chi connectivity index (χ2n) is 1.19. The van der Waals surface area contributed by atoms with Crippen molar-refractivity contribution < 1.29 is 0 Å². The summed E-state index contributed by atoms with van der Waals surface area (Å²) in [6.07, 6.45) is 0. The maximum atomic E-state index is 5.60. The van der Waals surface area contributed by atoms with Gasteiger partial charge in [0.1, 0.15) is 0 Å². The highest BCUT2D eigenvalue weighted by Gasteiger charge is 2.03. The molecule has 0 aliphatic heterocycles. The van der Waals surface area contributed by atoms with Crippen LogP contribution in [0.25, 0.3) is 0 Å². The molecule has 7 heavy (non-hydrogen) atoms. The number of rotatable bonds is 2. The summed E-state index contributed by atoms with van der Waals surface area (Å²) in [6.45, 7) is 3.92. The van der Waals surface area contributed by atoms with E-state index in [-0.39, 0.29) is 0 Å². The lowest BCUT2D eigenvalue weighted by molar-refractivity contribution is 1.53. The van der Waals surface area contributed by atoms with Crippen molar-refractivity contribution in [1.82, 2.24) is 4.65 Å². The predicted octanol–water partition coefficient (Wildman–Crippen LogP) is 1.29. The van der Waals surface area contributed by atoms with Crippen LogP contribution in [0, 0.1) is 0 Å². The molecule has 0 aliphatic carbocycles. The quantitative estimate of drug-likeness (QED) is 0.489. The molecule has 1 nitrogen and oxygen atoms in total. The van der Waals surface area contributed by atoms with Gasteiger partial charge in [0.05, 0.1) is 0 Å². The van der Waals surface area contributed by atoms with Gasteiger partial charge < -0.3 is 4.65 Å². The van der Waals surface area contributed by atoms with Crippen molar-refractivity contribution in [2.45, 2.75) is 13.1 Å². The minimum absolute atomic E-state index is 0.799. The highest BCUT2D eigenvalue weighted by Crippen LogP contribution is 1.86. The van der Waals surface area contributed by atoms with Gasteiger partial charge in [0.2, 0.25) is 16.5 Å². The van der Waals surface area contributed by atoms with Crippen LogP contribution in [0.15, 0.2) is 0 Å². The zero-order valence-corrected chi connectivity index (χ0v) is 7.77. The van der Waals surface area contributed by atoms with Crippen LogP contribution in [0.1, 0.15) is 0 Å². The molecule has 0 aromatic carbocycles. The summed E-state index contributed by atoms with van der Waals surface area (Å²) < 4.78 is 3.04. The Bertz CT molecular complexity index is 43.0. The van der Waals surface area contributed by atoms with Crippen LogP contribution in [0.5, 0.6) is 0 Å². The Labute approximate surface area is 56.8 Å². The highest BCUT2D eigenvalue weighted by molar-refractivity contribution is 7.15. The van der Waals surface area contributed by atoms with Gasteiger partial charge >= 0.3 is 0 Å². The maximum absolute atomic E-state index is 5.60. The monoisotopic (exact) mass is 171 g/mol. The largest absolute Gasteiger partial charge is 0.336 e. The molecule has 0 bridgehead atoms. The average Bonchev–Trinajstić information content (AvgIpc) is 1.27. The molecular weight excluding hydrogens is 165 g/mol. The van der Waals surface area contributed by atoms with Crippen LogP contribution >= 0.6 is 22.2 Å². The van der Waals surface area contributed by atoms with Crippen molar-refractivity contribution >= 4 is 38.7 Å². The van der Waals surface area contributed by atoms with Crippen molar-refractivity contribution in [3.63, 3.8) is 0 Å². The van der Waals surface area contributed by atoms with Crippen molar-refractivity contribution in [3.05, 3.63) is 0 Å². The van der Waals surface area contributed by atoms with Gasteiger partial charge in [-0.1, -0.05) is 0 Å². The standard InChI is InChI=1S/C2H7Cl2NSi2/c1-6(3)5-7(2)4/h5H,1-2H3. The summed E-state index contributed by atoms with van der Waals surface area (Å²) in [4.78, 5) is 0. The van der Waals surface area contributed by atoms with E-state index in [1.165, 1.54) is 0 Å². The highest BCUT2D eigenvalue weighted by atomic mass is 35.6. The third-order valence-electron chi connectivity index (χ3n) is 0.344. The van der Waals surface area contributed by atoms with Crippen molar-refractivity contribution in [2.75, 3.05) is 0 Å². The van der Waals surface area contributed by atoms with Crippen LogP contribution in [0.4, 0.5) is 0 Å². The van der Waals surface area contributed by atoms with E-state index in [9.17, 15) is 0 Å². The SMILES string of the molecule is C[Si](Cl)N[Si](C)Cl. The van der Waals surface area contributed by atoms with Crippen molar-refractivity contribution in [3.8, 4) is 0 Å². The van der Waals surface area contributed by atoms with Gasteiger partial charge in [0.25, 0.3) is 0 Å². The van der Waals surface area contributed by atoms with Gasteiger partial charge in [-0.3, -0.25) is 0 Å². The van der Waals surface area contributed by atoms with Gasteiger partial charge in [0, 0.05) is 0 Å². The lowest BCUT2D eigenvalue weighted by atomic mass is 11.9. The molecule has 1 N–H and O–H groups in total. The molecule has 0 heterocycles. The Morgan fingerprint density at radius 2 is 1.43 bits per heavy atom. The van der Waals surface area contributed by atoms with Crippen LogP contribution in [0.2, 0.25) is 13.1 Å². The molecule has 0 fully saturated rings. The molecule has 42 valence electrons. The summed E-state index contributed by atoms with van der Waals surface area (Å²) in [7, 11) is -1.60. The molecule has 0 aromatic heterocycles. The summed E-state index contributed by atoms with van der Waals surface area (Å²) in [5.41, 5.74) is 0. The van der Waals surface area contributed by atoms with E-state index < -0.39 is 16.5 Å². The van der Waals surface area contributed by atoms with Crippen LogP contribution in [-0.4, -0.2) is 16.5 Å². The normalized spacial score (nSPS) is 11.1. The fourth-order valence-electron chi connectivity index (χ4n) is 0.237. The molecule has 0 rings (SSSR count). The number of hydrogen-bond donors (Lipinski definition) is 1. The van der Waals surface area contributed by atoms with Crippen LogP contribution < -0.4 is 4.65 Å². The van der Waals surface area contributed by atoms with Crippen molar-refractivity contribution in [2.24, 2.45) is 0 Å². The molecule has 0 spiro atoms. The summed E-state index contributed by atoms with van der Waals surface area (Å²) in [5.74, 6) is 0. The van der Waals surface area contributed by atoms with Gasteiger partial charge in [-0.15, -0.1) is 22.2 Å². The molecular formula is C2H7Cl2NSi2. The fraction of sp³-hybridized carbons (Fsp3) is 1.00. The van der Waals surface area contributed by atoms with Crippen LogP contribution in [0.3, 0.4) is 0 Å². The van der Waals surface area contributed by atoms with E-state index in [2.05, 4.69) is 4.65 Å². The van der Waals surface area contributed by atoms with Gasteiger partial charge in [-0.2, -0.15) is 0 Å². The number of hydrogen-bond acceptors (Lipinski definition) is 1. The Hall–Kier alpha value is 0.974. The predicted molar refractivity (Wildman–Crippen MR) is 38.1 cm³/mol. The third-order valence-corrected chi connectivity index (χ3v) is 4.80. The molecule has 2 radical (unpaired) electrons. The number of nitrogens with one attached hydrogen (secondary N) is 1. The third kappa shape index (κ3) is 6.97. The first kappa shape index (κ1) is 7.97. The molecule has 0 saturated heterocycles. The topological polar surface area (TPSA) is 12.0 Å². The second kappa shape index (κ2) is 3.91. The van der Waals surface area contributed by atoms with E-state index in [4.69, 9.17) is 22.2 Å². The van der Waals surface area contributed by atoms with E-state index in [0.29, 0.717) is 0 Å². The minimum atomic E-state index is -0.799. The van der Waals surface area contributed by atoms with Gasteiger partial charge in [-0.25, -0.2) is 0 Å². The molecule has 0 saturated carbocycles. The fourth-order valence-corrected chi connectivity index (χ4v) is 5.12. The lowest BCUT2D eigenvalue weighted by Gasteiger charge is -2.00. The first-order valence-electron chi connectivity index (χ1n) is 1.88. The lowest BCUT2D eigenvalue weighted by Crippen LogP contribution is -2.33. The minimum Gasteiger partial charge on any atom is -0.336 e. The Morgan fingerprint density at radius 1 is 1.14 bits per heavy atom. The average molecular weight is 172 g/mol. The second-order valence-corrected chi connectivity index (χ2v) is 7.73. The van der Waals surface area contributed by atoms with E-state index in [1.54, 1.807) is 0 Å². The molecule has 0 atom stereocenters. The van der Waals surface area contributed by atoms with Crippen LogP contribution in [-0.2, 0) is 0 Å². The summed E-state index contributed by atoms with van der Waals surface area (Å²) in [5, 5.41) is 0. The molecule has 0 aromatic rings. The summed E-state index contributed by atoms with van der Waals surface area (Å²) >= 11 is 11.2. The maximum Gasteiger partial charge on any atom is 0.239 e. The van der Waals surface area contributed by atoms with Crippen molar-refractivity contribution in [1.29, 1.82) is 0 Å². The number of halogens is 2. The van der Waals surface area contributed by atoms with E-state index in [1.807, 2.05) is 13.1 Å². The summed E-state index contributed by atoms with van der Waals surface area (Å²) in [6, 6.07) is 0. The Balaban J connectivity index is 2.95. The molecule has 0 aliphatic rings. The smallest absolute Gasteiger partial charge is 0.239 e. The Kier molecular flexibility index (Phi) is 4.46. The van der Waals surface area contributed by atoms with Gasteiger partial charge in [-0.05, 0) is 13.1 Å². The molecule has 0 unspecified atom stereocenters. The first-order chi connectivity index (χ1) is 3.13. The van der Waals surface area contributed by atoms with E-state index >= 15 is 0 Å². The Morgan fingerprint density at radius 3 is 1.43 bits per heavy atom. The van der Waals surface area contributed by atoms with Gasteiger partial charge in [0.15, 0.2) is 0 Å². The zero-order chi connectivity index (χ0) is 5.86. The van der Waals surface area contributed by atoms with E-state index in [0.717, 1.165) is 0 Å². The zero-order valence-electron chi connectivity index (χ0n) is 4.26. The first-order valence-corrected chi connectivity index (χ1v) is 7.90.